The van der Waals surface area contributed by atoms with E-state index in [-0.39, 0.29) is 76.5 Å². The molecule has 0 aliphatic carbocycles. The Bertz CT molecular complexity index is 598. The quantitative estimate of drug-likeness (QED) is 0.398. The number of likely N-dealkylation sites (tertiary alicyclic amines) is 1. The number of carboxylic acids is 1. The van der Waals surface area contributed by atoms with Crippen molar-refractivity contribution in [3.63, 3.8) is 0 Å². The number of amides is 1. The summed E-state index contributed by atoms with van der Waals surface area (Å²) in [5.74, 6) is -1.71. The molecule has 6 nitrogen and oxygen atoms in total. The molecule has 1 aromatic carbocycles. The normalized spacial score (nSPS) is 14.6. The van der Waals surface area contributed by atoms with Crippen LogP contribution in [0.15, 0.2) is 24.3 Å². The van der Waals surface area contributed by atoms with Gasteiger partial charge in [0, 0.05) is 31.1 Å². The number of hydrogen-bond acceptors (Lipinski definition) is 5. The van der Waals surface area contributed by atoms with Crippen molar-refractivity contribution in [1.82, 2.24) is 4.90 Å². The maximum atomic E-state index is 12.0. The van der Waals surface area contributed by atoms with Gasteiger partial charge >= 0.3 is 59.1 Å². The molecular formula is C16H17NNa2O5. The van der Waals surface area contributed by atoms with Crippen LogP contribution in [0.25, 0.3) is 6.08 Å². The summed E-state index contributed by atoms with van der Waals surface area (Å²) in [4.78, 5) is 24.4. The van der Waals surface area contributed by atoms with Gasteiger partial charge in [0.25, 0.3) is 0 Å². The number of carboxylic acid groups (broad SMARTS) is 1. The Morgan fingerprint density at radius 1 is 1.25 bits per heavy atom. The monoisotopic (exact) mass is 349 g/mol. The summed E-state index contributed by atoms with van der Waals surface area (Å²) in [7, 11) is 1.42. The molecule has 1 aliphatic rings. The molecule has 1 aromatic rings. The molecule has 1 fully saturated rings. The Kier molecular flexibility index (Phi) is 10.9. The topological polar surface area (TPSA) is 92.7 Å². The van der Waals surface area contributed by atoms with Crippen molar-refractivity contribution in [1.29, 1.82) is 0 Å². The Balaban J connectivity index is 0.00000264. The maximum Gasteiger partial charge on any atom is 1.00 e. The van der Waals surface area contributed by atoms with E-state index in [2.05, 4.69) is 0 Å². The summed E-state index contributed by atoms with van der Waals surface area (Å²) < 4.78 is 4.89. The number of carbonyl (C=O) groups excluding carboxylic acids is 2. The molecule has 1 amide bonds. The third kappa shape index (κ3) is 6.43. The predicted octanol–water partition coefficient (Wildman–Crippen LogP) is -6.22. The zero-order chi connectivity index (χ0) is 16.1. The van der Waals surface area contributed by atoms with Crippen molar-refractivity contribution in [2.24, 2.45) is 5.92 Å². The minimum absolute atomic E-state index is 0. The van der Waals surface area contributed by atoms with E-state index in [0.717, 1.165) is 0 Å². The smallest absolute Gasteiger partial charge is 0.870 e. The average Bonchev–Trinajstić information content (AvgIpc) is 2.52. The van der Waals surface area contributed by atoms with E-state index in [4.69, 9.17) is 4.74 Å². The van der Waals surface area contributed by atoms with Crippen LogP contribution in [0.3, 0.4) is 0 Å². The van der Waals surface area contributed by atoms with E-state index in [1.54, 1.807) is 23.1 Å². The first kappa shape index (κ1) is 23.5. The van der Waals surface area contributed by atoms with Crippen LogP contribution in [-0.2, 0) is 9.59 Å². The third-order valence-corrected chi connectivity index (χ3v) is 3.75. The predicted molar refractivity (Wildman–Crippen MR) is 75.8 cm³/mol. The molecule has 0 bridgehead atoms. The minimum Gasteiger partial charge on any atom is -0.870 e. The van der Waals surface area contributed by atoms with E-state index in [9.17, 15) is 19.8 Å². The first-order chi connectivity index (χ1) is 10.5. The Morgan fingerprint density at radius 3 is 2.38 bits per heavy atom. The number of rotatable bonds is 4. The SMILES string of the molecule is COc1ccc(/C=C/C(=O)N2CCC(C(=O)[O-])CC2)cc1[O-].[Na+].[Na+]. The largest absolute Gasteiger partial charge is 1.00 e. The molecule has 118 valence electrons. The van der Waals surface area contributed by atoms with Gasteiger partial charge in [0.15, 0.2) is 0 Å². The van der Waals surface area contributed by atoms with Gasteiger partial charge in [-0.2, -0.15) is 0 Å². The first-order valence-electron chi connectivity index (χ1n) is 7.04. The fraction of sp³-hybridized carbons (Fsp3) is 0.375. The van der Waals surface area contributed by atoms with Gasteiger partial charge in [0.2, 0.25) is 5.91 Å². The number of carbonyl (C=O) groups is 2. The molecule has 1 saturated heterocycles. The van der Waals surface area contributed by atoms with Crippen LogP contribution in [0.1, 0.15) is 18.4 Å². The number of hydrogen-bond donors (Lipinski definition) is 0. The van der Waals surface area contributed by atoms with Crippen LogP contribution < -0.4 is 74.1 Å². The van der Waals surface area contributed by atoms with Gasteiger partial charge in [-0.3, -0.25) is 4.79 Å². The molecule has 2 rings (SSSR count). The Morgan fingerprint density at radius 2 is 1.88 bits per heavy atom. The molecule has 0 radical (unpaired) electrons. The zero-order valence-electron chi connectivity index (χ0n) is 14.3. The van der Waals surface area contributed by atoms with Crippen LogP contribution in [0, 0.1) is 5.92 Å². The Hall–Kier alpha value is -0.500. The molecule has 1 heterocycles. The van der Waals surface area contributed by atoms with E-state index in [0.29, 0.717) is 31.5 Å². The van der Waals surface area contributed by atoms with E-state index in [1.165, 1.54) is 19.3 Å². The number of benzene rings is 1. The number of aliphatic carboxylic acids is 1. The van der Waals surface area contributed by atoms with E-state index in [1.807, 2.05) is 0 Å². The fourth-order valence-corrected chi connectivity index (χ4v) is 2.41. The van der Waals surface area contributed by atoms with Crippen molar-refractivity contribution in [2.45, 2.75) is 12.8 Å². The van der Waals surface area contributed by atoms with Crippen molar-refractivity contribution < 1.29 is 83.7 Å². The van der Waals surface area contributed by atoms with Gasteiger partial charge in [0.05, 0.1) is 7.11 Å². The molecule has 0 spiro atoms. The number of methoxy groups -OCH3 is 1. The van der Waals surface area contributed by atoms with Crippen LogP contribution in [0.5, 0.6) is 11.5 Å². The van der Waals surface area contributed by atoms with E-state index < -0.39 is 11.9 Å². The molecule has 0 atom stereocenters. The van der Waals surface area contributed by atoms with Gasteiger partial charge in [-0.05, 0) is 30.5 Å². The fourth-order valence-electron chi connectivity index (χ4n) is 2.41. The second kappa shape index (κ2) is 11.2. The van der Waals surface area contributed by atoms with Crippen molar-refractivity contribution in [3.05, 3.63) is 29.8 Å². The van der Waals surface area contributed by atoms with Crippen LogP contribution in [-0.4, -0.2) is 37.0 Å². The van der Waals surface area contributed by atoms with E-state index >= 15 is 0 Å². The zero-order valence-corrected chi connectivity index (χ0v) is 18.3. The number of piperidine rings is 1. The second-order valence-electron chi connectivity index (χ2n) is 5.16. The van der Waals surface area contributed by atoms with Gasteiger partial charge in [0.1, 0.15) is 5.75 Å². The summed E-state index contributed by atoms with van der Waals surface area (Å²) in [6.07, 6.45) is 3.78. The first-order valence-corrected chi connectivity index (χ1v) is 7.04. The van der Waals surface area contributed by atoms with Crippen molar-refractivity contribution in [2.75, 3.05) is 20.2 Å². The van der Waals surface area contributed by atoms with Crippen LogP contribution in [0.2, 0.25) is 0 Å². The molecule has 0 saturated carbocycles. The molecule has 24 heavy (non-hydrogen) atoms. The third-order valence-electron chi connectivity index (χ3n) is 3.75. The Labute approximate surface area is 185 Å². The molecule has 1 aliphatic heterocycles. The summed E-state index contributed by atoms with van der Waals surface area (Å²) >= 11 is 0. The standard InChI is InChI=1S/C16H19NO5.2Na/c1-22-14-4-2-11(10-13(14)18)3-5-15(19)17-8-6-12(7-9-17)16(20)21;;/h2-5,10,12,18H,6-9H2,1H3,(H,20,21);;/q;2*+1/p-2/b5-3+;;. The van der Waals surface area contributed by atoms with Crippen LogP contribution in [0.4, 0.5) is 0 Å². The number of nitrogens with zero attached hydrogens (tertiary/aromatic N) is 1. The molecule has 0 aromatic heterocycles. The van der Waals surface area contributed by atoms with Crippen molar-refractivity contribution in [3.8, 4) is 11.5 Å². The maximum absolute atomic E-state index is 12.0. The summed E-state index contributed by atoms with van der Waals surface area (Å²) in [5.41, 5.74) is 0.615. The molecule has 8 heteroatoms. The summed E-state index contributed by atoms with van der Waals surface area (Å²) in [6, 6.07) is 4.63. The minimum atomic E-state index is -1.05. The van der Waals surface area contributed by atoms with Crippen molar-refractivity contribution >= 4 is 18.0 Å². The van der Waals surface area contributed by atoms with Crippen LogP contribution >= 0.6 is 0 Å². The average molecular weight is 349 g/mol. The number of ether oxygens (including phenoxy) is 1. The summed E-state index contributed by atoms with van der Waals surface area (Å²) in [6.45, 7) is 0.800. The van der Waals surface area contributed by atoms with Gasteiger partial charge in [-0.1, -0.05) is 17.9 Å². The van der Waals surface area contributed by atoms with Gasteiger partial charge < -0.3 is 24.6 Å². The van der Waals surface area contributed by atoms with Gasteiger partial charge in [-0.25, -0.2) is 0 Å². The molecular weight excluding hydrogens is 332 g/mol. The molecule has 0 unspecified atom stereocenters. The molecule has 0 N–H and O–H groups in total. The summed E-state index contributed by atoms with van der Waals surface area (Å²) in [5, 5.41) is 22.4. The second-order valence-corrected chi connectivity index (χ2v) is 5.16. The van der Waals surface area contributed by atoms with Gasteiger partial charge in [-0.15, -0.1) is 0 Å².